The van der Waals surface area contributed by atoms with E-state index in [0.29, 0.717) is 11.3 Å². The van der Waals surface area contributed by atoms with Crippen molar-refractivity contribution in [2.24, 2.45) is 0 Å². The third-order valence-electron chi connectivity index (χ3n) is 6.23. The summed E-state index contributed by atoms with van der Waals surface area (Å²) in [5, 5.41) is 3.01. The lowest BCUT2D eigenvalue weighted by atomic mass is 10.00. The summed E-state index contributed by atoms with van der Waals surface area (Å²) >= 11 is 0. The molecule has 1 atom stereocenters. The number of rotatable bonds is 12. The first-order chi connectivity index (χ1) is 18.8. The molecule has 0 radical (unpaired) electrons. The van der Waals surface area contributed by atoms with Gasteiger partial charge in [-0.05, 0) is 62.6 Å². The summed E-state index contributed by atoms with van der Waals surface area (Å²) in [6, 6.07) is 23.2. The Bertz CT molecular complexity index is 1360. The lowest BCUT2D eigenvalue weighted by Gasteiger charge is -2.34. The van der Waals surface area contributed by atoms with E-state index in [1.807, 2.05) is 51.1 Å². The Morgan fingerprint density at radius 1 is 0.875 bits per heavy atom. The summed E-state index contributed by atoms with van der Waals surface area (Å²) in [5.74, 6) is -0.987. The fraction of sp³-hybridized carbons (Fsp3) is 0.355. The molecule has 0 heterocycles. The Labute approximate surface area is 237 Å². The highest BCUT2D eigenvalue weighted by Crippen LogP contribution is 2.20. The summed E-state index contributed by atoms with van der Waals surface area (Å²) in [7, 11) is -3.57. The van der Waals surface area contributed by atoms with Gasteiger partial charge in [0.15, 0.2) is 0 Å². The van der Waals surface area contributed by atoms with Crippen LogP contribution in [-0.2, 0) is 32.6 Å². The molecule has 0 fully saturated rings. The highest BCUT2D eigenvalue weighted by atomic mass is 32.2. The second-order valence-electron chi connectivity index (χ2n) is 10.9. The Morgan fingerprint density at radius 3 is 2.00 bits per heavy atom. The van der Waals surface area contributed by atoms with E-state index in [0.717, 1.165) is 11.8 Å². The Balaban J connectivity index is 1.89. The third kappa shape index (κ3) is 9.48. The number of halogens is 1. The lowest BCUT2D eigenvalue weighted by molar-refractivity contribution is -0.142. The van der Waals surface area contributed by atoms with E-state index in [1.54, 1.807) is 42.5 Å². The number of hydrogen-bond donors (Lipinski definition) is 1. The van der Waals surface area contributed by atoms with Gasteiger partial charge >= 0.3 is 0 Å². The molecule has 0 bridgehead atoms. The van der Waals surface area contributed by atoms with Gasteiger partial charge in [0.05, 0.1) is 11.9 Å². The number of hydrogen-bond acceptors (Lipinski definition) is 4. The molecular formula is C31H38FN3O4S. The van der Waals surface area contributed by atoms with E-state index in [1.165, 1.54) is 21.3 Å². The number of carbonyl (C=O) groups is 2. The van der Waals surface area contributed by atoms with E-state index < -0.39 is 27.4 Å². The number of anilines is 1. The van der Waals surface area contributed by atoms with Gasteiger partial charge in [-0.1, -0.05) is 60.7 Å². The Hall–Kier alpha value is -3.72. The predicted molar refractivity (Wildman–Crippen MR) is 157 cm³/mol. The van der Waals surface area contributed by atoms with Gasteiger partial charge < -0.3 is 10.2 Å². The summed E-state index contributed by atoms with van der Waals surface area (Å²) < 4.78 is 39.9. The van der Waals surface area contributed by atoms with Gasteiger partial charge in [0.2, 0.25) is 21.8 Å². The molecule has 3 aromatic carbocycles. The van der Waals surface area contributed by atoms with Gasteiger partial charge in [0.1, 0.15) is 11.9 Å². The fourth-order valence-corrected chi connectivity index (χ4v) is 5.36. The molecule has 2 amide bonds. The van der Waals surface area contributed by atoms with Gasteiger partial charge in [-0.25, -0.2) is 12.8 Å². The standard InChI is InChI=1S/C31H38FN3O4S/c1-31(2,3)33-30(37)28(22-24-12-7-5-8-13-24)34(23-25-17-19-26(32)20-18-25)29(36)16-11-21-35(40(4,38)39)27-14-9-6-10-15-27/h5-10,12-15,17-20,28H,11,16,21-23H2,1-4H3,(H,33,37)/t28-/m1/s1. The molecular weight excluding hydrogens is 529 g/mol. The maximum Gasteiger partial charge on any atom is 0.243 e. The van der Waals surface area contributed by atoms with Crippen molar-refractivity contribution in [1.82, 2.24) is 10.2 Å². The zero-order valence-corrected chi connectivity index (χ0v) is 24.3. The maximum absolute atomic E-state index is 13.8. The summed E-state index contributed by atoms with van der Waals surface area (Å²) in [6.45, 7) is 5.83. The topological polar surface area (TPSA) is 86.8 Å². The molecule has 9 heteroatoms. The number of amides is 2. The molecule has 3 aromatic rings. The van der Waals surface area contributed by atoms with Crippen molar-refractivity contribution in [2.75, 3.05) is 17.1 Å². The van der Waals surface area contributed by atoms with Crippen molar-refractivity contribution in [3.8, 4) is 0 Å². The van der Waals surface area contributed by atoms with Crippen LogP contribution in [0.1, 0.15) is 44.7 Å². The minimum atomic E-state index is -3.57. The Morgan fingerprint density at radius 2 is 1.45 bits per heavy atom. The average Bonchev–Trinajstić information content (AvgIpc) is 2.89. The van der Waals surface area contributed by atoms with Crippen LogP contribution < -0.4 is 9.62 Å². The van der Waals surface area contributed by atoms with Gasteiger partial charge in [-0.2, -0.15) is 0 Å². The zero-order valence-electron chi connectivity index (χ0n) is 23.5. The highest BCUT2D eigenvalue weighted by Gasteiger charge is 2.32. The van der Waals surface area contributed by atoms with Crippen LogP contribution in [0, 0.1) is 5.82 Å². The second-order valence-corrected chi connectivity index (χ2v) is 12.8. The molecule has 0 saturated carbocycles. The van der Waals surface area contributed by atoms with Gasteiger partial charge in [-0.15, -0.1) is 0 Å². The first kappa shape index (κ1) is 30.8. The maximum atomic E-state index is 13.8. The lowest BCUT2D eigenvalue weighted by Crippen LogP contribution is -2.54. The molecule has 0 saturated heterocycles. The quantitative estimate of drug-likeness (QED) is 0.336. The van der Waals surface area contributed by atoms with Crippen LogP contribution in [0.2, 0.25) is 0 Å². The molecule has 0 aromatic heterocycles. The molecule has 40 heavy (non-hydrogen) atoms. The minimum Gasteiger partial charge on any atom is -0.350 e. The van der Waals surface area contributed by atoms with Crippen molar-refractivity contribution >= 4 is 27.5 Å². The SMILES string of the molecule is CC(C)(C)NC(=O)[C@@H](Cc1ccccc1)N(Cc1ccc(F)cc1)C(=O)CCCN(c1ccccc1)S(C)(=O)=O. The molecule has 7 nitrogen and oxygen atoms in total. The number of nitrogens with one attached hydrogen (secondary N) is 1. The Kier molecular flexibility index (Phi) is 10.5. The number of para-hydroxylation sites is 1. The smallest absolute Gasteiger partial charge is 0.243 e. The van der Waals surface area contributed by atoms with Crippen molar-refractivity contribution in [3.63, 3.8) is 0 Å². The normalized spacial score (nSPS) is 12.4. The monoisotopic (exact) mass is 567 g/mol. The highest BCUT2D eigenvalue weighted by molar-refractivity contribution is 7.92. The molecule has 1 N–H and O–H groups in total. The summed E-state index contributed by atoms with van der Waals surface area (Å²) in [6.07, 6.45) is 1.69. The minimum absolute atomic E-state index is 0.0220. The first-order valence-corrected chi connectivity index (χ1v) is 15.1. The fourth-order valence-electron chi connectivity index (χ4n) is 4.39. The van der Waals surface area contributed by atoms with E-state index in [-0.39, 0.29) is 44.2 Å². The van der Waals surface area contributed by atoms with Crippen molar-refractivity contribution in [3.05, 3.63) is 102 Å². The van der Waals surface area contributed by atoms with Crippen LogP contribution in [0.25, 0.3) is 0 Å². The molecule has 0 aliphatic heterocycles. The van der Waals surface area contributed by atoms with Crippen LogP contribution in [0.5, 0.6) is 0 Å². The number of benzene rings is 3. The van der Waals surface area contributed by atoms with Gasteiger partial charge in [0, 0.05) is 31.5 Å². The third-order valence-corrected chi connectivity index (χ3v) is 7.43. The van der Waals surface area contributed by atoms with Crippen LogP contribution >= 0.6 is 0 Å². The largest absolute Gasteiger partial charge is 0.350 e. The van der Waals surface area contributed by atoms with Crippen LogP contribution in [-0.4, -0.2) is 49.5 Å². The average molecular weight is 568 g/mol. The predicted octanol–water partition coefficient (Wildman–Crippen LogP) is 4.93. The van der Waals surface area contributed by atoms with Crippen LogP contribution in [0.15, 0.2) is 84.9 Å². The van der Waals surface area contributed by atoms with E-state index in [9.17, 15) is 22.4 Å². The molecule has 3 rings (SSSR count). The molecule has 0 aliphatic rings. The van der Waals surface area contributed by atoms with Crippen LogP contribution in [0.3, 0.4) is 0 Å². The molecule has 0 spiro atoms. The molecule has 214 valence electrons. The number of sulfonamides is 1. The number of carbonyl (C=O) groups excluding carboxylic acids is 2. The van der Waals surface area contributed by atoms with Crippen molar-refractivity contribution in [2.45, 2.75) is 58.2 Å². The van der Waals surface area contributed by atoms with E-state index >= 15 is 0 Å². The zero-order chi connectivity index (χ0) is 29.3. The van der Waals surface area contributed by atoms with Crippen LogP contribution in [0.4, 0.5) is 10.1 Å². The van der Waals surface area contributed by atoms with Gasteiger partial charge in [0.25, 0.3) is 0 Å². The van der Waals surface area contributed by atoms with Crippen molar-refractivity contribution < 1.29 is 22.4 Å². The first-order valence-electron chi connectivity index (χ1n) is 13.3. The second kappa shape index (κ2) is 13.6. The van der Waals surface area contributed by atoms with E-state index in [4.69, 9.17) is 0 Å². The van der Waals surface area contributed by atoms with Gasteiger partial charge in [-0.3, -0.25) is 13.9 Å². The molecule has 0 unspecified atom stereocenters. The summed E-state index contributed by atoms with van der Waals surface area (Å²) in [4.78, 5) is 28.9. The molecule has 0 aliphatic carbocycles. The number of nitrogens with zero attached hydrogens (tertiary/aromatic N) is 2. The van der Waals surface area contributed by atoms with E-state index in [2.05, 4.69) is 5.32 Å². The summed E-state index contributed by atoms with van der Waals surface area (Å²) in [5.41, 5.74) is 1.56. The van der Waals surface area contributed by atoms with Crippen molar-refractivity contribution in [1.29, 1.82) is 0 Å².